The van der Waals surface area contributed by atoms with Gasteiger partial charge in [-0.2, -0.15) is 0 Å². The maximum atomic E-state index is 14.1. The second-order valence-electron chi connectivity index (χ2n) is 10.9. The molecule has 2 aliphatic heterocycles. The van der Waals surface area contributed by atoms with E-state index in [4.69, 9.17) is 19.4 Å². The van der Waals surface area contributed by atoms with Gasteiger partial charge in [0.05, 0.1) is 37.5 Å². The predicted molar refractivity (Wildman–Crippen MR) is 146 cm³/mol. The molecule has 0 spiro atoms. The van der Waals surface area contributed by atoms with Crippen LogP contribution in [0.25, 0.3) is 16.9 Å². The van der Waals surface area contributed by atoms with Gasteiger partial charge in [0.1, 0.15) is 17.5 Å². The van der Waals surface area contributed by atoms with E-state index >= 15 is 0 Å². The second kappa shape index (κ2) is 12.2. The van der Waals surface area contributed by atoms with E-state index in [1.165, 1.54) is 30.3 Å². The summed E-state index contributed by atoms with van der Waals surface area (Å²) >= 11 is 0. The van der Waals surface area contributed by atoms with E-state index in [0.717, 1.165) is 57.3 Å². The van der Waals surface area contributed by atoms with Crippen molar-refractivity contribution in [2.24, 2.45) is 5.92 Å². The predicted octanol–water partition coefficient (Wildman–Crippen LogP) is 4.80. The molecule has 3 aromatic rings. The molecule has 1 aliphatic carbocycles. The molecule has 2 aromatic heterocycles. The summed E-state index contributed by atoms with van der Waals surface area (Å²) < 4.78 is 40.8. The third-order valence-corrected chi connectivity index (χ3v) is 8.48. The number of hydrogen-bond donors (Lipinski definition) is 0. The number of anilines is 1. The SMILES string of the molecule is FC(F)c1nc2ccccc2n1-c1cc(N2CCOCC2)nc(CCCC2CCC(N3CCOCC3)CC2)n1. The van der Waals surface area contributed by atoms with Crippen molar-refractivity contribution in [2.45, 2.75) is 57.4 Å². The van der Waals surface area contributed by atoms with E-state index in [0.29, 0.717) is 55.0 Å². The number of aromatic nitrogens is 4. The number of nitrogens with zero attached hydrogens (tertiary/aromatic N) is 6. The molecule has 3 fully saturated rings. The van der Waals surface area contributed by atoms with Gasteiger partial charge in [-0.05, 0) is 50.2 Å². The number of hydrogen-bond acceptors (Lipinski definition) is 7. The molecule has 8 nitrogen and oxygen atoms in total. The molecule has 210 valence electrons. The minimum absolute atomic E-state index is 0.286. The molecule has 39 heavy (non-hydrogen) atoms. The van der Waals surface area contributed by atoms with Crippen molar-refractivity contribution in [1.82, 2.24) is 24.4 Å². The lowest BCUT2D eigenvalue weighted by molar-refractivity contribution is 0.00458. The molecule has 1 saturated carbocycles. The highest BCUT2D eigenvalue weighted by molar-refractivity contribution is 5.78. The van der Waals surface area contributed by atoms with Crippen molar-refractivity contribution in [1.29, 1.82) is 0 Å². The lowest BCUT2D eigenvalue weighted by Gasteiger charge is -2.38. The van der Waals surface area contributed by atoms with E-state index in [1.807, 2.05) is 24.3 Å². The summed E-state index contributed by atoms with van der Waals surface area (Å²) in [5, 5.41) is 0. The van der Waals surface area contributed by atoms with Crippen LogP contribution in [0.2, 0.25) is 0 Å². The number of halogens is 2. The third kappa shape index (κ3) is 6.07. The summed E-state index contributed by atoms with van der Waals surface area (Å²) in [7, 11) is 0. The number of fused-ring (bicyclic) bond motifs is 1. The van der Waals surface area contributed by atoms with Gasteiger partial charge in [0, 0.05) is 44.7 Å². The quantitative estimate of drug-likeness (QED) is 0.407. The van der Waals surface area contributed by atoms with Crippen molar-refractivity contribution in [2.75, 3.05) is 57.5 Å². The molecule has 0 amide bonds. The largest absolute Gasteiger partial charge is 0.379 e. The Morgan fingerprint density at radius 3 is 2.28 bits per heavy atom. The Bertz CT molecular complexity index is 1230. The minimum atomic E-state index is -2.71. The van der Waals surface area contributed by atoms with Crippen LogP contribution in [0.3, 0.4) is 0 Å². The average Bonchev–Trinajstić information content (AvgIpc) is 3.39. The van der Waals surface area contributed by atoms with Crippen molar-refractivity contribution < 1.29 is 18.3 Å². The Morgan fingerprint density at radius 2 is 1.54 bits per heavy atom. The fraction of sp³-hybridized carbons (Fsp3) is 0.621. The van der Waals surface area contributed by atoms with Crippen molar-refractivity contribution >= 4 is 16.9 Å². The first-order valence-electron chi connectivity index (χ1n) is 14.4. The molecule has 0 atom stereocenters. The van der Waals surface area contributed by atoms with Gasteiger partial charge < -0.3 is 14.4 Å². The van der Waals surface area contributed by atoms with Crippen LogP contribution >= 0.6 is 0 Å². The Balaban J connectivity index is 1.18. The van der Waals surface area contributed by atoms with E-state index in [-0.39, 0.29) is 5.82 Å². The zero-order chi connectivity index (χ0) is 26.6. The van der Waals surface area contributed by atoms with Crippen LogP contribution in [0.1, 0.15) is 56.6 Å². The minimum Gasteiger partial charge on any atom is -0.379 e. The van der Waals surface area contributed by atoms with Gasteiger partial charge in [0.2, 0.25) is 0 Å². The van der Waals surface area contributed by atoms with Crippen LogP contribution in [0, 0.1) is 5.92 Å². The highest BCUT2D eigenvalue weighted by Gasteiger charge is 2.27. The number of benzene rings is 1. The summed E-state index contributed by atoms with van der Waals surface area (Å²) in [6, 6.07) is 9.76. The van der Waals surface area contributed by atoms with Crippen molar-refractivity contribution in [3.63, 3.8) is 0 Å². The van der Waals surface area contributed by atoms with Crippen LogP contribution in [0.5, 0.6) is 0 Å². The number of morpholine rings is 2. The van der Waals surface area contributed by atoms with Crippen LogP contribution < -0.4 is 4.90 Å². The summed E-state index contributed by atoms with van der Waals surface area (Å²) in [4.78, 5) is 18.7. The van der Waals surface area contributed by atoms with Gasteiger partial charge in [0.25, 0.3) is 6.43 Å². The highest BCUT2D eigenvalue weighted by atomic mass is 19.3. The molecule has 1 aromatic carbocycles. The van der Waals surface area contributed by atoms with E-state index in [1.54, 1.807) is 6.07 Å². The fourth-order valence-electron chi connectivity index (χ4n) is 6.37. The third-order valence-electron chi connectivity index (χ3n) is 8.48. The topological polar surface area (TPSA) is 68.5 Å². The normalized spacial score (nSPS) is 23.1. The van der Waals surface area contributed by atoms with Crippen molar-refractivity contribution in [3.8, 4) is 5.82 Å². The van der Waals surface area contributed by atoms with Crippen LogP contribution in [-0.2, 0) is 15.9 Å². The van der Waals surface area contributed by atoms with E-state index in [2.05, 4.69) is 14.8 Å². The first-order valence-corrected chi connectivity index (χ1v) is 14.4. The molecule has 10 heteroatoms. The van der Waals surface area contributed by atoms with Gasteiger partial charge in [-0.15, -0.1) is 0 Å². The molecule has 0 radical (unpaired) electrons. The molecular formula is C29H38F2N6O2. The second-order valence-corrected chi connectivity index (χ2v) is 10.9. The summed E-state index contributed by atoms with van der Waals surface area (Å²) in [6.07, 6.45) is 5.21. The highest BCUT2D eigenvalue weighted by Crippen LogP contribution is 2.32. The van der Waals surface area contributed by atoms with Gasteiger partial charge in [-0.1, -0.05) is 18.6 Å². The maximum absolute atomic E-state index is 14.1. The van der Waals surface area contributed by atoms with E-state index in [9.17, 15) is 8.78 Å². The van der Waals surface area contributed by atoms with Crippen molar-refractivity contribution in [3.05, 3.63) is 42.0 Å². The first kappa shape index (κ1) is 26.5. The molecule has 6 rings (SSSR count). The smallest absolute Gasteiger partial charge is 0.296 e. The molecule has 3 aliphatic rings. The number of imidazole rings is 1. The molecule has 4 heterocycles. The van der Waals surface area contributed by atoms with Crippen LogP contribution in [0.15, 0.2) is 30.3 Å². The molecule has 2 saturated heterocycles. The van der Waals surface area contributed by atoms with Gasteiger partial charge in [-0.25, -0.2) is 23.7 Å². The molecular weight excluding hydrogens is 502 g/mol. The number of aryl methyl sites for hydroxylation is 1. The lowest BCUT2D eigenvalue weighted by atomic mass is 9.82. The monoisotopic (exact) mass is 540 g/mol. The summed E-state index contributed by atoms with van der Waals surface area (Å²) in [5.41, 5.74) is 1.16. The molecule has 0 N–H and O–H groups in total. The van der Waals surface area contributed by atoms with Gasteiger partial charge >= 0.3 is 0 Å². The summed E-state index contributed by atoms with van der Waals surface area (Å²) in [6.45, 7) is 6.53. The molecule has 0 unspecified atom stereocenters. The number of ether oxygens (including phenoxy) is 2. The Morgan fingerprint density at radius 1 is 0.846 bits per heavy atom. The fourth-order valence-corrected chi connectivity index (χ4v) is 6.37. The standard InChI is InChI=1S/C29H38F2N6O2/c30-28(31)29-32-23-5-1-2-6-24(23)37(29)27-20-26(36-14-18-39-19-15-36)33-25(34-27)7-3-4-21-8-10-22(11-9-21)35-12-16-38-17-13-35/h1-2,5-6,20-22,28H,3-4,7-19H2. The van der Waals surface area contributed by atoms with E-state index < -0.39 is 6.43 Å². The van der Waals surface area contributed by atoms with Crippen LogP contribution in [-0.4, -0.2) is 83.1 Å². The first-order chi connectivity index (χ1) is 19.2. The lowest BCUT2D eigenvalue weighted by Crippen LogP contribution is -2.45. The van der Waals surface area contributed by atoms with Crippen LogP contribution in [0.4, 0.5) is 14.6 Å². The zero-order valence-corrected chi connectivity index (χ0v) is 22.5. The number of alkyl halides is 2. The van der Waals surface area contributed by atoms with Gasteiger partial charge in [0.15, 0.2) is 5.82 Å². The van der Waals surface area contributed by atoms with Gasteiger partial charge in [-0.3, -0.25) is 9.47 Å². The maximum Gasteiger partial charge on any atom is 0.296 e. The Labute approximate surface area is 228 Å². The summed E-state index contributed by atoms with van der Waals surface area (Å²) in [5.74, 6) is 2.37. The average molecular weight is 541 g/mol. The number of para-hydroxylation sites is 2. The Kier molecular flexibility index (Phi) is 8.32. The number of rotatable bonds is 8. The zero-order valence-electron chi connectivity index (χ0n) is 22.5. The molecule has 0 bridgehead atoms. The Hall–Kier alpha value is -2.69.